The fourth-order valence-electron chi connectivity index (χ4n) is 8.17. The minimum absolute atomic E-state index is 0.0884. The first-order chi connectivity index (χ1) is 19.9. The highest BCUT2D eigenvalue weighted by molar-refractivity contribution is 7.92. The number of nitrogens with zero attached hydrogens (tertiary/aromatic N) is 2. The molecule has 1 atom stereocenters. The van der Waals surface area contributed by atoms with Crippen LogP contribution in [-0.2, 0) is 31.6 Å². The number of hydrogen-bond donors (Lipinski definition) is 1. The number of rotatable bonds is 11. The predicted octanol–water partition coefficient (Wildman–Crippen LogP) is 5.91. The first kappa shape index (κ1) is 30.9. The number of hydrogen-bond acceptors (Lipinski definition) is 4. The molecule has 1 unspecified atom stereocenters. The summed E-state index contributed by atoms with van der Waals surface area (Å²) in [4.78, 5) is 28.6. The molecule has 9 heteroatoms. The van der Waals surface area contributed by atoms with Gasteiger partial charge in [0.05, 0.1) is 11.9 Å². The fraction of sp³-hybridized carbons (Fsp3) is 0.576. The van der Waals surface area contributed by atoms with E-state index in [-0.39, 0.29) is 23.9 Å². The van der Waals surface area contributed by atoms with Crippen LogP contribution in [0.1, 0.15) is 76.8 Å². The van der Waals surface area contributed by atoms with E-state index in [1.165, 1.54) is 49.0 Å². The molecule has 4 aliphatic rings. The first-order valence-corrected chi connectivity index (χ1v) is 17.5. The Morgan fingerprint density at radius 1 is 0.976 bits per heavy atom. The van der Waals surface area contributed by atoms with Crippen molar-refractivity contribution in [3.05, 3.63) is 64.7 Å². The van der Waals surface area contributed by atoms with Crippen LogP contribution in [0.5, 0.6) is 0 Å². The van der Waals surface area contributed by atoms with Gasteiger partial charge in [0.2, 0.25) is 21.8 Å². The lowest BCUT2D eigenvalue weighted by molar-refractivity contribution is -0.140. The van der Waals surface area contributed by atoms with Crippen LogP contribution in [0, 0.1) is 17.8 Å². The molecule has 2 aromatic rings. The predicted molar refractivity (Wildman–Crippen MR) is 168 cm³/mol. The van der Waals surface area contributed by atoms with Crippen molar-refractivity contribution in [2.24, 2.45) is 17.8 Å². The third-order valence-electron chi connectivity index (χ3n) is 9.60. The number of benzene rings is 2. The Hall–Kier alpha value is -2.58. The second-order valence-electron chi connectivity index (χ2n) is 13.2. The quantitative estimate of drug-likeness (QED) is 0.342. The molecule has 4 fully saturated rings. The second kappa shape index (κ2) is 12.2. The van der Waals surface area contributed by atoms with Gasteiger partial charge in [0.1, 0.15) is 12.6 Å². The van der Waals surface area contributed by atoms with E-state index < -0.39 is 28.5 Å². The minimum atomic E-state index is -3.80. The van der Waals surface area contributed by atoms with Crippen LogP contribution < -0.4 is 9.62 Å². The van der Waals surface area contributed by atoms with Gasteiger partial charge in [-0.2, -0.15) is 0 Å². The van der Waals surface area contributed by atoms with Crippen molar-refractivity contribution in [2.75, 3.05) is 17.1 Å². The Morgan fingerprint density at radius 2 is 1.55 bits per heavy atom. The van der Waals surface area contributed by atoms with Gasteiger partial charge >= 0.3 is 0 Å². The van der Waals surface area contributed by atoms with E-state index in [4.69, 9.17) is 11.6 Å². The molecule has 0 radical (unpaired) electrons. The van der Waals surface area contributed by atoms with E-state index in [1.54, 1.807) is 12.1 Å². The number of amides is 2. The smallest absolute Gasteiger partial charge is 0.244 e. The number of nitrogens with one attached hydrogen (secondary N) is 1. The third kappa shape index (κ3) is 6.49. The molecule has 2 amide bonds. The Bertz CT molecular complexity index is 1370. The van der Waals surface area contributed by atoms with Gasteiger partial charge < -0.3 is 10.2 Å². The van der Waals surface area contributed by atoms with Gasteiger partial charge in [-0.3, -0.25) is 13.9 Å². The van der Waals surface area contributed by atoms with Crippen molar-refractivity contribution in [3.63, 3.8) is 0 Å². The van der Waals surface area contributed by atoms with Crippen LogP contribution in [0.2, 0.25) is 5.02 Å². The normalized spacial score (nSPS) is 25.3. The molecular formula is C33H44ClN3O4S. The van der Waals surface area contributed by atoms with Crippen molar-refractivity contribution in [3.8, 4) is 0 Å². The van der Waals surface area contributed by atoms with Gasteiger partial charge in [0.25, 0.3) is 0 Å². The van der Waals surface area contributed by atoms with Gasteiger partial charge in [-0.05, 0) is 111 Å². The number of sulfonamides is 1. The van der Waals surface area contributed by atoms with E-state index in [0.717, 1.165) is 28.3 Å². The topological polar surface area (TPSA) is 86.8 Å². The SMILES string of the molecule is CCC(C(=O)NC(C)C)N(Cc1ccccc1Cl)C(=O)CN(c1ccc(C23CC4CC(CC(C4)C2)C3)cc1)S(C)(=O)=O. The summed E-state index contributed by atoms with van der Waals surface area (Å²) in [6.45, 7) is 5.25. The molecule has 7 nitrogen and oxygen atoms in total. The fourth-order valence-corrected chi connectivity index (χ4v) is 9.21. The van der Waals surface area contributed by atoms with Crippen molar-refractivity contribution in [1.82, 2.24) is 10.2 Å². The molecule has 42 heavy (non-hydrogen) atoms. The Kier molecular flexibility index (Phi) is 8.96. The Balaban J connectivity index is 1.41. The van der Waals surface area contributed by atoms with Crippen LogP contribution in [-0.4, -0.2) is 50.0 Å². The maximum Gasteiger partial charge on any atom is 0.244 e. The van der Waals surface area contributed by atoms with Crippen molar-refractivity contribution in [2.45, 2.75) is 89.8 Å². The Morgan fingerprint density at radius 3 is 2.05 bits per heavy atom. The largest absolute Gasteiger partial charge is 0.352 e. The standard InChI is InChI=1S/C33H44ClN3O4S/c1-5-30(32(39)35-22(2)3)36(20-26-8-6-7-9-29(26)34)31(38)21-37(42(4,40)41)28-12-10-27(11-13-28)33-17-23-14-24(18-33)16-25(15-23)19-33/h6-13,22-25,30H,5,14-21H2,1-4H3,(H,35,39). The molecule has 0 heterocycles. The van der Waals surface area contributed by atoms with Crippen LogP contribution in [0.15, 0.2) is 48.5 Å². The minimum Gasteiger partial charge on any atom is -0.352 e. The number of carbonyl (C=O) groups excluding carboxylic acids is 2. The van der Waals surface area contributed by atoms with Crippen LogP contribution in [0.4, 0.5) is 5.69 Å². The number of halogens is 1. The van der Waals surface area contributed by atoms with Crippen LogP contribution >= 0.6 is 11.6 Å². The molecule has 0 saturated heterocycles. The lowest BCUT2D eigenvalue weighted by Gasteiger charge is -2.57. The molecule has 1 N–H and O–H groups in total. The summed E-state index contributed by atoms with van der Waals surface area (Å²) in [6.07, 6.45) is 9.24. The molecule has 4 aliphatic carbocycles. The van der Waals surface area contributed by atoms with E-state index in [2.05, 4.69) is 17.4 Å². The van der Waals surface area contributed by atoms with Crippen molar-refractivity contribution in [1.29, 1.82) is 0 Å². The summed E-state index contributed by atoms with van der Waals surface area (Å²) in [5.41, 5.74) is 2.64. The summed E-state index contributed by atoms with van der Waals surface area (Å²) >= 11 is 6.44. The van der Waals surface area contributed by atoms with E-state index in [0.29, 0.717) is 22.7 Å². The molecule has 6 rings (SSSR count). The summed E-state index contributed by atoms with van der Waals surface area (Å²) in [5, 5.41) is 3.39. The molecule has 0 aliphatic heterocycles. The lowest BCUT2D eigenvalue weighted by Crippen LogP contribution is -2.53. The third-order valence-corrected chi connectivity index (χ3v) is 11.1. The zero-order valence-electron chi connectivity index (χ0n) is 25.2. The molecule has 0 aromatic heterocycles. The maximum absolute atomic E-state index is 14.0. The average molecular weight is 614 g/mol. The molecular weight excluding hydrogens is 570 g/mol. The summed E-state index contributed by atoms with van der Waals surface area (Å²) in [7, 11) is -3.80. The highest BCUT2D eigenvalue weighted by atomic mass is 35.5. The molecule has 2 aromatic carbocycles. The van der Waals surface area contributed by atoms with Crippen LogP contribution in [0.3, 0.4) is 0 Å². The highest BCUT2D eigenvalue weighted by Crippen LogP contribution is 2.60. The lowest BCUT2D eigenvalue weighted by atomic mass is 9.48. The summed E-state index contributed by atoms with van der Waals surface area (Å²) in [5.74, 6) is 1.69. The van der Waals surface area contributed by atoms with E-state index >= 15 is 0 Å². The van der Waals surface area contributed by atoms with Gasteiger partial charge in [-0.15, -0.1) is 0 Å². The molecule has 0 spiro atoms. The van der Waals surface area contributed by atoms with Gasteiger partial charge in [0, 0.05) is 17.6 Å². The second-order valence-corrected chi connectivity index (χ2v) is 15.5. The van der Waals surface area contributed by atoms with Crippen molar-refractivity contribution >= 4 is 39.1 Å². The monoisotopic (exact) mass is 613 g/mol. The first-order valence-electron chi connectivity index (χ1n) is 15.3. The summed E-state index contributed by atoms with van der Waals surface area (Å²) < 4.78 is 27.3. The molecule has 228 valence electrons. The van der Waals surface area contributed by atoms with E-state index in [9.17, 15) is 18.0 Å². The van der Waals surface area contributed by atoms with Crippen molar-refractivity contribution < 1.29 is 18.0 Å². The maximum atomic E-state index is 14.0. The average Bonchev–Trinajstić information content (AvgIpc) is 2.91. The number of anilines is 1. The van der Waals surface area contributed by atoms with Gasteiger partial charge in [0.15, 0.2) is 0 Å². The highest BCUT2D eigenvalue weighted by Gasteiger charge is 2.51. The zero-order valence-corrected chi connectivity index (χ0v) is 26.8. The zero-order chi connectivity index (χ0) is 30.2. The summed E-state index contributed by atoms with van der Waals surface area (Å²) in [6, 6.07) is 14.2. The molecule has 4 bridgehead atoms. The Labute approximate surface area is 256 Å². The van der Waals surface area contributed by atoms with E-state index in [1.807, 2.05) is 45.0 Å². The van der Waals surface area contributed by atoms with Gasteiger partial charge in [-0.25, -0.2) is 8.42 Å². The van der Waals surface area contributed by atoms with Gasteiger partial charge in [-0.1, -0.05) is 48.9 Å². The number of carbonyl (C=O) groups is 2. The molecule has 4 saturated carbocycles. The van der Waals surface area contributed by atoms with Crippen LogP contribution in [0.25, 0.3) is 0 Å².